The van der Waals surface area contributed by atoms with Crippen LogP contribution in [0.5, 0.6) is 0 Å². The van der Waals surface area contributed by atoms with E-state index in [9.17, 15) is 18.0 Å². The number of amides is 1. The average Bonchev–Trinajstić information content (AvgIpc) is 3.47. The molecule has 2 heterocycles. The third-order valence-electron chi connectivity index (χ3n) is 8.35. The van der Waals surface area contributed by atoms with E-state index in [2.05, 4.69) is 15.4 Å². The number of hydrogen-bond acceptors (Lipinski definition) is 4. The Kier molecular flexibility index (Phi) is 4.64. The van der Waals surface area contributed by atoms with Crippen LogP contribution in [0.15, 0.2) is 18.5 Å². The predicted octanol–water partition coefficient (Wildman–Crippen LogP) is 4.40. The number of fused-ring (bicyclic) bond motifs is 1. The highest BCUT2D eigenvalue weighted by molar-refractivity contribution is 5.78. The van der Waals surface area contributed by atoms with Gasteiger partial charge in [0.1, 0.15) is 5.67 Å². The topological polar surface area (TPSA) is 85.3 Å². The van der Waals surface area contributed by atoms with E-state index in [0.717, 1.165) is 18.4 Å². The van der Waals surface area contributed by atoms with Crippen LogP contribution >= 0.6 is 0 Å². The largest absolute Gasteiger partial charge is 0.349 e. The third kappa shape index (κ3) is 3.92. The molecule has 0 aromatic carbocycles. The number of nitrogens with two attached hydrogens (primary N) is 1. The van der Waals surface area contributed by atoms with Crippen LogP contribution in [-0.4, -0.2) is 32.1 Å². The summed E-state index contributed by atoms with van der Waals surface area (Å²) in [7, 11) is 0. The second-order valence-electron chi connectivity index (χ2n) is 11.2. The first-order chi connectivity index (χ1) is 15.6. The number of nitrogens with zero attached hydrogens (tertiary/aromatic N) is 3. The molecule has 5 fully saturated rings. The number of halogens is 3. The number of rotatable bonds is 7. The summed E-state index contributed by atoms with van der Waals surface area (Å²) in [5.41, 5.74) is 7.49. The van der Waals surface area contributed by atoms with Crippen LogP contribution in [0.2, 0.25) is 0 Å². The molecule has 9 heteroatoms. The average molecular weight is 462 g/mol. The number of imidazole rings is 1. The summed E-state index contributed by atoms with van der Waals surface area (Å²) >= 11 is 0. The van der Waals surface area contributed by atoms with E-state index in [-0.39, 0.29) is 36.1 Å². The van der Waals surface area contributed by atoms with Gasteiger partial charge in [-0.2, -0.15) is 5.10 Å². The Morgan fingerprint density at radius 3 is 2.48 bits per heavy atom. The van der Waals surface area contributed by atoms with Gasteiger partial charge in [-0.05, 0) is 73.8 Å². The van der Waals surface area contributed by atoms with Crippen molar-refractivity contribution in [3.63, 3.8) is 0 Å². The summed E-state index contributed by atoms with van der Waals surface area (Å²) in [5.74, 6) is -2.25. The van der Waals surface area contributed by atoms with Gasteiger partial charge in [0.25, 0.3) is 0 Å². The third-order valence-corrected chi connectivity index (χ3v) is 8.35. The lowest BCUT2D eigenvalue weighted by molar-refractivity contribution is -0.215. The van der Waals surface area contributed by atoms with Gasteiger partial charge in [-0.15, -0.1) is 0 Å². The van der Waals surface area contributed by atoms with Gasteiger partial charge in [-0.3, -0.25) is 4.79 Å². The minimum absolute atomic E-state index is 0.0197. The summed E-state index contributed by atoms with van der Waals surface area (Å²) in [6.45, 7) is 0. The molecular formula is C24H30F3N5O. The Labute approximate surface area is 190 Å². The Morgan fingerprint density at radius 1 is 1.15 bits per heavy atom. The first-order valence-corrected chi connectivity index (χ1v) is 12.1. The Morgan fingerprint density at radius 2 is 1.85 bits per heavy atom. The molecule has 5 aliphatic carbocycles. The van der Waals surface area contributed by atoms with Crippen LogP contribution in [0.1, 0.15) is 87.5 Å². The van der Waals surface area contributed by atoms with E-state index in [1.54, 1.807) is 16.9 Å². The van der Waals surface area contributed by atoms with Gasteiger partial charge in [0, 0.05) is 19.3 Å². The highest BCUT2D eigenvalue weighted by Crippen LogP contribution is 2.71. The molecule has 5 saturated carbocycles. The second kappa shape index (κ2) is 7.17. The molecule has 178 valence electrons. The number of hydrogen-bond donors (Lipinski definition) is 2. The number of carbonyl (C=O) groups is 1. The lowest BCUT2D eigenvalue weighted by Gasteiger charge is -2.65. The van der Waals surface area contributed by atoms with Crippen molar-refractivity contribution in [1.82, 2.24) is 19.9 Å². The van der Waals surface area contributed by atoms with Crippen molar-refractivity contribution in [2.45, 2.75) is 87.9 Å². The summed E-state index contributed by atoms with van der Waals surface area (Å²) in [5, 5.41) is 7.66. The van der Waals surface area contributed by atoms with Gasteiger partial charge in [-0.25, -0.2) is 22.7 Å². The van der Waals surface area contributed by atoms with E-state index < -0.39 is 17.6 Å². The zero-order valence-electron chi connectivity index (χ0n) is 18.6. The SMILES string of the molecule is N[C@H](c1cn2ncc([C@H](NC(=O)C[C@]34C[C@](F)(C3)C4)C3CC3)cc2n1)C1CCC(F)(F)CC1. The maximum Gasteiger partial charge on any atom is 0.248 e. The summed E-state index contributed by atoms with van der Waals surface area (Å²) < 4.78 is 42.5. The maximum atomic E-state index is 13.8. The molecule has 3 N–H and O–H groups in total. The van der Waals surface area contributed by atoms with Gasteiger partial charge in [0.05, 0.1) is 30.2 Å². The fraction of sp³-hybridized carbons (Fsp3) is 0.708. The molecule has 0 saturated heterocycles. The molecular weight excluding hydrogens is 431 g/mol. The zero-order chi connectivity index (χ0) is 23.0. The molecule has 2 aromatic rings. The first kappa shape index (κ1) is 21.4. The molecule has 2 atom stereocenters. The van der Waals surface area contributed by atoms with E-state index in [1.165, 1.54) is 0 Å². The fourth-order valence-electron chi connectivity index (χ4n) is 6.42. The molecule has 2 bridgehead atoms. The number of carbonyl (C=O) groups excluding carboxylic acids is 1. The van der Waals surface area contributed by atoms with Crippen LogP contribution < -0.4 is 11.1 Å². The first-order valence-electron chi connectivity index (χ1n) is 12.1. The van der Waals surface area contributed by atoms with Crippen LogP contribution in [-0.2, 0) is 4.79 Å². The molecule has 33 heavy (non-hydrogen) atoms. The van der Waals surface area contributed by atoms with Crippen molar-refractivity contribution < 1.29 is 18.0 Å². The Balaban J connectivity index is 1.16. The Hall–Kier alpha value is -2.16. The zero-order valence-corrected chi connectivity index (χ0v) is 18.6. The fourth-order valence-corrected chi connectivity index (χ4v) is 6.42. The van der Waals surface area contributed by atoms with Gasteiger partial charge in [0.15, 0.2) is 5.65 Å². The predicted molar refractivity (Wildman–Crippen MR) is 115 cm³/mol. The molecule has 0 aliphatic heterocycles. The van der Waals surface area contributed by atoms with E-state index in [0.29, 0.717) is 55.8 Å². The van der Waals surface area contributed by atoms with Crippen molar-refractivity contribution in [3.8, 4) is 0 Å². The lowest BCUT2D eigenvalue weighted by Crippen LogP contribution is -2.65. The molecule has 6 nitrogen and oxygen atoms in total. The Bertz CT molecular complexity index is 1070. The molecule has 7 rings (SSSR count). The van der Waals surface area contributed by atoms with Crippen molar-refractivity contribution in [3.05, 3.63) is 29.7 Å². The molecule has 0 radical (unpaired) electrons. The van der Waals surface area contributed by atoms with Gasteiger partial charge in [-0.1, -0.05) is 0 Å². The van der Waals surface area contributed by atoms with Gasteiger partial charge < -0.3 is 11.1 Å². The lowest BCUT2D eigenvalue weighted by atomic mass is 9.41. The number of alkyl halides is 3. The van der Waals surface area contributed by atoms with Crippen LogP contribution in [0.4, 0.5) is 13.2 Å². The molecule has 0 spiro atoms. The van der Waals surface area contributed by atoms with E-state index >= 15 is 0 Å². The van der Waals surface area contributed by atoms with Gasteiger partial charge in [0.2, 0.25) is 11.8 Å². The van der Waals surface area contributed by atoms with Crippen molar-refractivity contribution >= 4 is 11.6 Å². The second-order valence-corrected chi connectivity index (χ2v) is 11.2. The van der Waals surface area contributed by atoms with Crippen LogP contribution in [0.3, 0.4) is 0 Å². The van der Waals surface area contributed by atoms with E-state index in [1.807, 2.05) is 6.07 Å². The summed E-state index contributed by atoms with van der Waals surface area (Å²) in [6, 6.07) is 1.40. The minimum atomic E-state index is -2.58. The molecule has 5 aliphatic rings. The summed E-state index contributed by atoms with van der Waals surface area (Å²) in [4.78, 5) is 17.4. The highest BCUT2D eigenvalue weighted by Gasteiger charge is 2.69. The minimum Gasteiger partial charge on any atom is -0.349 e. The van der Waals surface area contributed by atoms with Crippen LogP contribution in [0.25, 0.3) is 5.65 Å². The van der Waals surface area contributed by atoms with Crippen molar-refractivity contribution in [1.29, 1.82) is 0 Å². The normalized spacial score (nSPS) is 32.6. The molecule has 0 unspecified atom stereocenters. The monoisotopic (exact) mass is 461 g/mol. The van der Waals surface area contributed by atoms with Gasteiger partial charge >= 0.3 is 0 Å². The van der Waals surface area contributed by atoms with Crippen LogP contribution in [0, 0.1) is 17.3 Å². The smallest absolute Gasteiger partial charge is 0.248 e. The number of nitrogens with one attached hydrogen (secondary N) is 1. The van der Waals surface area contributed by atoms with Crippen molar-refractivity contribution in [2.75, 3.05) is 0 Å². The number of aromatic nitrogens is 3. The highest BCUT2D eigenvalue weighted by atomic mass is 19.3. The summed E-state index contributed by atoms with van der Waals surface area (Å²) in [6.07, 6.45) is 8.10. The standard InChI is InChI=1S/C24H30F3N5O/c25-23-11-22(12-23,13-23)8-19(33)31-21(15-1-2-15)16-7-18-30-17(10-32(18)29-9-16)20(28)14-3-5-24(26,27)6-4-14/h7,9-10,14-15,20-21H,1-6,8,11-13,28H2,(H,31,33)/t20-,21+,22-,23-/m0/s1. The molecule has 2 aromatic heterocycles. The maximum absolute atomic E-state index is 13.8. The van der Waals surface area contributed by atoms with Crippen molar-refractivity contribution in [2.24, 2.45) is 23.0 Å². The van der Waals surface area contributed by atoms with E-state index in [4.69, 9.17) is 5.73 Å². The quantitative estimate of drug-likeness (QED) is 0.640. The molecule has 1 amide bonds.